The van der Waals surface area contributed by atoms with Gasteiger partial charge in [-0.05, 0) is 31.7 Å². The number of carbonyl (C=O) groups is 1. The van der Waals surface area contributed by atoms with Crippen LogP contribution in [0.4, 0.5) is 5.82 Å². The number of anilines is 1. The smallest absolute Gasteiger partial charge is 0.234 e. The summed E-state index contributed by atoms with van der Waals surface area (Å²) in [5.41, 5.74) is 1.48. The number of piperazine rings is 1. The fourth-order valence-electron chi connectivity index (χ4n) is 3.87. The van der Waals surface area contributed by atoms with Crippen LogP contribution in [-0.4, -0.2) is 60.0 Å². The number of nitrogens with zero attached hydrogens (tertiary/aromatic N) is 4. The molecule has 2 aromatic rings. The Bertz CT molecular complexity index is 838. The molecule has 0 radical (unpaired) electrons. The molecule has 6 nitrogen and oxygen atoms in total. The zero-order valence-electron chi connectivity index (χ0n) is 15.3. The molecule has 1 aliphatic carbocycles. The first-order valence-electron chi connectivity index (χ1n) is 9.29. The maximum absolute atomic E-state index is 11.9. The van der Waals surface area contributed by atoms with Gasteiger partial charge in [0.05, 0.1) is 11.9 Å². The van der Waals surface area contributed by atoms with Crippen molar-refractivity contribution in [2.45, 2.75) is 26.2 Å². The second kappa shape index (κ2) is 7.32. The number of amides is 1. The van der Waals surface area contributed by atoms with Crippen molar-refractivity contribution in [1.29, 1.82) is 0 Å². The van der Waals surface area contributed by atoms with E-state index < -0.39 is 0 Å². The highest BCUT2D eigenvalue weighted by atomic mass is 32.1. The Kier molecular flexibility index (Phi) is 4.91. The van der Waals surface area contributed by atoms with Crippen LogP contribution >= 0.6 is 11.3 Å². The van der Waals surface area contributed by atoms with Gasteiger partial charge in [-0.1, -0.05) is 6.08 Å². The van der Waals surface area contributed by atoms with Crippen LogP contribution in [0.5, 0.6) is 0 Å². The maximum atomic E-state index is 11.9. The number of aryl methyl sites for hydroxylation is 3. The number of thiophene rings is 1. The molecule has 1 N–H and O–H groups in total. The van der Waals surface area contributed by atoms with E-state index in [1.165, 1.54) is 28.7 Å². The summed E-state index contributed by atoms with van der Waals surface area (Å²) < 4.78 is 0. The molecule has 1 fully saturated rings. The number of carbonyl (C=O) groups excluding carboxylic acids is 1. The average Bonchev–Trinajstić information content (AvgIpc) is 3.20. The molecule has 1 aliphatic heterocycles. The summed E-state index contributed by atoms with van der Waals surface area (Å²) >= 11 is 1.85. The predicted octanol–water partition coefficient (Wildman–Crippen LogP) is 1.91. The molecule has 0 spiro atoms. The van der Waals surface area contributed by atoms with E-state index in [1.807, 2.05) is 18.3 Å². The largest absolute Gasteiger partial charge is 0.353 e. The Hall–Kier alpha value is -1.99. The van der Waals surface area contributed by atoms with Crippen molar-refractivity contribution in [3.8, 4) is 0 Å². The number of rotatable bonds is 5. The third-order valence-electron chi connectivity index (χ3n) is 5.14. The fourth-order valence-corrected chi connectivity index (χ4v) is 5.17. The Morgan fingerprint density at radius 2 is 2.08 bits per heavy atom. The van der Waals surface area contributed by atoms with Crippen molar-refractivity contribution in [2.24, 2.45) is 0 Å². The Labute approximate surface area is 157 Å². The molecule has 4 rings (SSSR count). The number of aromatic nitrogens is 2. The zero-order chi connectivity index (χ0) is 18.1. The van der Waals surface area contributed by atoms with Gasteiger partial charge in [-0.15, -0.1) is 17.9 Å². The van der Waals surface area contributed by atoms with E-state index in [0.29, 0.717) is 13.1 Å². The van der Waals surface area contributed by atoms with Gasteiger partial charge < -0.3 is 10.2 Å². The van der Waals surface area contributed by atoms with Crippen LogP contribution in [0.15, 0.2) is 12.7 Å². The summed E-state index contributed by atoms with van der Waals surface area (Å²) in [6.07, 6.45) is 5.29. The van der Waals surface area contributed by atoms with E-state index in [2.05, 4.69) is 26.7 Å². The Morgan fingerprint density at radius 3 is 2.85 bits per heavy atom. The minimum atomic E-state index is 0.0641. The predicted molar refractivity (Wildman–Crippen MR) is 106 cm³/mol. The lowest BCUT2D eigenvalue weighted by atomic mass is 10.1. The van der Waals surface area contributed by atoms with Crippen LogP contribution in [-0.2, 0) is 17.6 Å². The number of fused-ring (bicyclic) bond motifs is 3. The number of hydrogen-bond donors (Lipinski definition) is 1. The van der Waals surface area contributed by atoms with Gasteiger partial charge in [0.1, 0.15) is 16.5 Å². The minimum Gasteiger partial charge on any atom is -0.353 e. The lowest BCUT2D eigenvalue weighted by Crippen LogP contribution is -2.49. The van der Waals surface area contributed by atoms with Gasteiger partial charge in [0, 0.05) is 37.6 Å². The fraction of sp³-hybridized carbons (Fsp3) is 0.526. The standard InChI is InChI=1S/C19H25N5OS/c1-3-7-20-16(25)12-23-8-10-24(11-9-23)18-17-14-5-4-6-15(14)26-19(17)22-13(2)21-18/h3H,1,4-12H2,2H3,(H,20,25). The highest BCUT2D eigenvalue weighted by Crippen LogP contribution is 2.40. The molecule has 2 aromatic heterocycles. The second-order valence-electron chi connectivity index (χ2n) is 6.99. The van der Waals surface area contributed by atoms with E-state index in [9.17, 15) is 4.79 Å². The Morgan fingerprint density at radius 1 is 1.27 bits per heavy atom. The van der Waals surface area contributed by atoms with Crippen molar-refractivity contribution >= 4 is 33.3 Å². The van der Waals surface area contributed by atoms with Gasteiger partial charge in [0.2, 0.25) is 5.91 Å². The van der Waals surface area contributed by atoms with E-state index in [4.69, 9.17) is 4.98 Å². The third kappa shape index (κ3) is 3.33. The molecule has 1 saturated heterocycles. The van der Waals surface area contributed by atoms with Crippen molar-refractivity contribution in [1.82, 2.24) is 20.2 Å². The molecule has 0 saturated carbocycles. The summed E-state index contributed by atoms with van der Waals surface area (Å²) in [7, 11) is 0. The summed E-state index contributed by atoms with van der Waals surface area (Å²) in [6.45, 7) is 10.1. The third-order valence-corrected chi connectivity index (χ3v) is 6.33. The first-order valence-corrected chi connectivity index (χ1v) is 10.1. The van der Waals surface area contributed by atoms with Crippen molar-refractivity contribution < 1.29 is 4.79 Å². The van der Waals surface area contributed by atoms with Crippen LogP contribution in [0, 0.1) is 6.92 Å². The quantitative estimate of drug-likeness (QED) is 0.814. The second-order valence-corrected chi connectivity index (χ2v) is 8.07. The van der Waals surface area contributed by atoms with Crippen LogP contribution in [0.3, 0.4) is 0 Å². The zero-order valence-corrected chi connectivity index (χ0v) is 16.1. The first-order chi connectivity index (χ1) is 12.7. The Balaban J connectivity index is 1.49. The van der Waals surface area contributed by atoms with Crippen LogP contribution in [0.2, 0.25) is 0 Å². The van der Waals surface area contributed by atoms with Gasteiger partial charge in [0.15, 0.2) is 0 Å². The maximum Gasteiger partial charge on any atom is 0.234 e. The summed E-state index contributed by atoms with van der Waals surface area (Å²) in [6, 6.07) is 0. The summed E-state index contributed by atoms with van der Waals surface area (Å²) in [5.74, 6) is 2.01. The van der Waals surface area contributed by atoms with Gasteiger partial charge in [-0.25, -0.2) is 9.97 Å². The van der Waals surface area contributed by atoms with Gasteiger partial charge in [0.25, 0.3) is 0 Å². The van der Waals surface area contributed by atoms with E-state index >= 15 is 0 Å². The first kappa shape index (κ1) is 17.4. The van der Waals surface area contributed by atoms with E-state index in [1.54, 1.807) is 6.08 Å². The van der Waals surface area contributed by atoms with Gasteiger partial charge in [-0.3, -0.25) is 9.69 Å². The van der Waals surface area contributed by atoms with Gasteiger partial charge >= 0.3 is 0 Å². The molecule has 1 amide bonds. The molecule has 0 aromatic carbocycles. The van der Waals surface area contributed by atoms with Gasteiger partial charge in [-0.2, -0.15) is 0 Å². The molecule has 3 heterocycles. The summed E-state index contributed by atoms with van der Waals surface area (Å²) in [4.78, 5) is 28.6. The van der Waals surface area contributed by atoms with Crippen LogP contribution in [0.1, 0.15) is 22.7 Å². The molecule has 26 heavy (non-hydrogen) atoms. The van der Waals surface area contributed by atoms with Crippen molar-refractivity contribution in [2.75, 3.05) is 44.2 Å². The topological polar surface area (TPSA) is 61.4 Å². The molecule has 2 aliphatic rings. The molecule has 0 unspecified atom stereocenters. The molecule has 0 bridgehead atoms. The number of hydrogen-bond acceptors (Lipinski definition) is 6. The van der Waals surface area contributed by atoms with Crippen LogP contribution < -0.4 is 10.2 Å². The monoisotopic (exact) mass is 371 g/mol. The molecule has 7 heteroatoms. The average molecular weight is 372 g/mol. The summed E-state index contributed by atoms with van der Waals surface area (Å²) in [5, 5.41) is 4.13. The highest BCUT2D eigenvalue weighted by Gasteiger charge is 2.26. The van der Waals surface area contributed by atoms with Crippen molar-refractivity contribution in [3.05, 3.63) is 28.9 Å². The lowest BCUT2D eigenvalue weighted by Gasteiger charge is -2.35. The van der Waals surface area contributed by atoms with Crippen LogP contribution in [0.25, 0.3) is 10.2 Å². The SMILES string of the molecule is C=CCNC(=O)CN1CCN(c2nc(C)nc3sc4c(c23)CCC4)CC1. The lowest BCUT2D eigenvalue weighted by molar-refractivity contribution is -0.122. The van der Waals surface area contributed by atoms with E-state index in [-0.39, 0.29) is 5.91 Å². The minimum absolute atomic E-state index is 0.0641. The highest BCUT2D eigenvalue weighted by molar-refractivity contribution is 7.19. The molecular formula is C19H25N5OS. The van der Waals surface area contributed by atoms with Crippen molar-refractivity contribution in [3.63, 3.8) is 0 Å². The molecule has 0 atom stereocenters. The van der Waals surface area contributed by atoms with E-state index in [0.717, 1.165) is 49.1 Å². The molecule has 138 valence electrons. The normalized spacial score (nSPS) is 17.5. The molecular weight excluding hydrogens is 346 g/mol. The number of nitrogens with one attached hydrogen (secondary N) is 1.